The SMILES string of the molecule is O=[N+]([O-])c1ccc(NCC2CCN(Cc3ccccc3)CC2)c2ncccc12. The fourth-order valence-corrected chi connectivity index (χ4v) is 3.90. The number of nitro groups is 1. The summed E-state index contributed by atoms with van der Waals surface area (Å²) in [7, 11) is 0. The van der Waals surface area contributed by atoms with Crippen molar-refractivity contribution in [1.82, 2.24) is 9.88 Å². The maximum absolute atomic E-state index is 11.2. The van der Waals surface area contributed by atoms with E-state index in [0.717, 1.165) is 44.7 Å². The van der Waals surface area contributed by atoms with Gasteiger partial charge in [0.2, 0.25) is 0 Å². The number of anilines is 1. The number of nitrogens with zero attached hydrogens (tertiary/aromatic N) is 3. The zero-order valence-corrected chi connectivity index (χ0v) is 15.8. The second-order valence-electron chi connectivity index (χ2n) is 7.37. The number of nitro benzene ring substituents is 1. The number of piperidine rings is 1. The van der Waals surface area contributed by atoms with Crippen LogP contribution in [0.25, 0.3) is 10.9 Å². The Kier molecular flexibility index (Phi) is 5.48. The highest BCUT2D eigenvalue weighted by Gasteiger charge is 2.20. The molecule has 0 spiro atoms. The molecular formula is C22H24N4O2. The third-order valence-corrected chi connectivity index (χ3v) is 5.48. The monoisotopic (exact) mass is 376 g/mol. The van der Waals surface area contributed by atoms with E-state index >= 15 is 0 Å². The van der Waals surface area contributed by atoms with E-state index in [0.29, 0.717) is 16.8 Å². The Morgan fingerprint density at radius 1 is 1.07 bits per heavy atom. The summed E-state index contributed by atoms with van der Waals surface area (Å²) in [6, 6.07) is 17.4. The van der Waals surface area contributed by atoms with Gasteiger partial charge in [-0.05, 0) is 55.6 Å². The van der Waals surface area contributed by atoms with Crippen LogP contribution in [0.4, 0.5) is 11.4 Å². The van der Waals surface area contributed by atoms with Crippen molar-refractivity contribution >= 4 is 22.3 Å². The third kappa shape index (κ3) is 4.12. The molecule has 1 aliphatic heterocycles. The number of fused-ring (bicyclic) bond motifs is 1. The number of likely N-dealkylation sites (tertiary alicyclic amines) is 1. The zero-order chi connectivity index (χ0) is 19.3. The molecule has 0 atom stereocenters. The summed E-state index contributed by atoms with van der Waals surface area (Å²) in [5, 5.41) is 15.3. The van der Waals surface area contributed by atoms with Crippen LogP contribution in [0.1, 0.15) is 18.4 Å². The van der Waals surface area contributed by atoms with Gasteiger partial charge in [-0.2, -0.15) is 0 Å². The predicted octanol–water partition coefficient (Wildman–Crippen LogP) is 4.47. The molecule has 1 saturated heterocycles. The van der Waals surface area contributed by atoms with Gasteiger partial charge in [-0.25, -0.2) is 0 Å². The normalized spacial score (nSPS) is 15.6. The van der Waals surface area contributed by atoms with E-state index in [9.17, 15) is 10.1 Å². The van der Waals surface area contributed by atoms with Gasteiger partial charge in [0.05, 0.1) is 16.0 Å². The summed E-state index contributed by atoms with van der Waals surface area (Å²) in [4.78, 5) is 17.8. The van der Waals surface area contributed by atoms with Crippen molar-refractivity contribution in [1.29, 1.82) is 0 Å². The zero-order valence-electron chi connectivity index (χ0n) is 15.8. The summed E-state index contributed by atoms with van der Waals surface area (Å²) in [6.07, 6.45) is 3.98. The molecule has 0 aliphatic carbocycles. The lowest BCUT2D eigenvalue weighted by molar-refractivity contribution is -0.383. The second kappa shape index (κ2) is 8.35. The van der Waals surface area contributed by atoms with Crippen molar-refractivity contribution in [2.24, 2.45) is 5.92 Å². The standard InChI is InChI=1S/C22H24N4O2/c27-26(28)21-9-8-20(22-19(21)7-4-12-23-22)24-15-17-10-13-25(14-11-17)16-18-5-2-1-3-6-18/h1-9,12,17,24H,10-11,13-16H2. The Morgan fingerprint density at radius 3 is 2.61 bits per heavy atom. The van der Waals surface area contributed by atoms with E-state index in [-0.39, 0.29) is 10.6 Å². The number of nitrogens with one attached hydrogen (secondary N) is 1. The summed E-state index contributed by atoms with van der Waals surface area (Å²) in [5.74, 6) is 0.598. The van der Waals surface area contributed by atoms with Gasteiger partial charge in [0.1, 0.15) is 5.52 Å². The average molecular weight is 376 g/mol. The molecule has 6 heteroatoms. The van der Waals surface area contributed by atoms with Crippen molar-refractivity contribution in [2.45, 2.75) is 19.4 Å². The van der Waals surface area contributed by atoms with Crippen LogP contribution in [-0.4, -0.2) is 34.4 Å². The number of aromatic nitrogens is 1. The van der Waals surface area contributed by atoms with E-state index in [1.807, 2.05) is 0 Å². The smallest absolute Gasteiger partial charge is 0.278 e. The largest absolute Gasteiger partial charge is 0.383 e. The first-order chi connectivity index (χ1) is 13.7. The first-order valence-corrected chi connectivity index (χ1v) is 9.73. The highest BCUT2D eigenvalue weighted by Crippen LogP contribution is 2.30. The average Bonchev–Trinajstić information content (AvgIpc) is 2.73. The van der Waals surface area contributed by atoms with Crippen molar-refractivity contribution < 1.29 is 4.92 Å². The Bertz CT molecular complexity index is 953. The highest BCUT2D eigenvalue weighted by molar-refractivity contribution is 5.96. The van der Waals surface area contributed by atoms with Gasteiger partial charge in [0.15, 0.2) is 0 Å². The molecule has 144 valence electrons. The first kappa shape index (κ1) is 18.4. The fraction of sp³-hybridized carbons (Fsp3) is 0.318. The summed E-state index contributed by atoms with van der Waals surface area (Å²) < 4.78 is 0. The van der Waals surface area contributed by atoms with Crippen LogP contribution < -0.4 is 5.32 Å². The molecule has 6 nitrogen and oxygen atoms in total. The minimum absolute atomic E-state index is 0.0999. The summed E-state index contributed by atoms with van der Waals surface area (Å²) in [5.41, 5.74) is 3.00. The molecule has 3 aromatic rings. The third-order valence-electron chi connectivity index (χ3n) is 5.48. The molecule has 0 amide bonds. The maximum atomic E-state index is 11.2. The molecule has 2 heterocycles. The summed E-state index contributed by atoms with van der Waals surface area (Å²) in [6.45, 7) is 4.07. The van der Waals surface area contributed by atoms with Crippen molar-refractivity contribution in [3.05, 3.63) is 76.5 Å². The first-order valence-electron chi connectivity index (χ1n) is 9.73. The molecule has 0 bridgehead atoms. The van der Waals surface area contributed by atoms with E-state index in [4.69, 9.17) is 0 Å². The highest BCUT2D eigenvalue weighted by atomic mass is 16.6. The molecule has 1 aliphatic rings. The topological polar surface area (TPSA) is 71.3 Å². The molecule has 4 rings (SSSR count). The van der Waals surface area contributed by atoms with Gasteiger partial charge in [-0.3, -0.25) is 20.0 Å². The Morgan fingerprint density at radius 2 is 1.86 bits per heavy atom. The Balaban J connectivity index is 1.36. The van der Waals surface area contributed by atoms with Gasteiger partial charge in [-0.15, -0.1) is 0 Å². The number of pyridine rings is 1. The van der Waals surface area contributed by atoms with Crippen molar-refractivity contribution in [2.75, 3.05) is 25.0 Å². The molecule has 1 aromatic heterocycles. The molecule has 1 fully saturated rings. The minimum atomic E-state index is -0.351. The second-order valence-corrected chi connectivity index (χ2v) is 7.37. The molecule has 1 N–H and O–H groups in total. The van der Waals surface area contributed by atoms with E-state index in [2.05, 4.69) is 45.5 Å². The fourth-order valence-electron chi connectivity index (χ4n) is 3.90. The quantitative estimate of drug-likeness (QED) is 0.508. The van der Waals surface area contributed by atoms with E-state index in [1.165, 1.54) is 5.56 Å². The van der Waals surface area contributed by atoms with Gasteiger partial charge in [-0.1, -0.05) is 30.3 Å². The Labute approximate surface area is 164 Å². The van der Waals surface area contributed by atoms with Crippen LogP contribution in [0, 0.1) is 16.0 Å². The van der Waals surface area contributed by atoms with Crippen LogP contribution in [0.15, 0.2) is 60.8 Å². The van der Waals surface area contributed by atoms with Crippen LogP contribution in [0.2, 0.25) is 0 Å². The number of non-ortho nitro benzene ring substituents is 1. The molecular weight excluding hydrogens is 352 g/mol. The van der Waals surface area contributed by atoms with Crippen LogP contribution in [0.5, 0.6) is 0 Å². The van der Waals surface area contributed by atoms with Gasteiger partial charge >= 0.3 is 0 Å². The van der Waals surface area contributed by atoms with Crippen molar-refractivity contribution in [3.63, 3.8) is 0 Å². The lowest BCUT2D eigenvalue weighted by atomic mass is 9.96. The van der Waals surface area contributed by atoms with Gasteiger partial charge < -0.3 is 5.32 Å². The summed E-state index contributed by atoms with van der Waals surface area (Å²) >= 11 is 0. The van der Waals surface area contributed by atoms with Crippen molar-refractivity contribution in [3.8, 4) is 0 Å². The molecule has 0 saturated carbocycles. The molecule has 0 radical (unpaired) electrons. The molecule has 2 aromatic carbocycles. The maximum Gasteiger partial charge on any atom is 0.278 e. The minimum Gasteiger partial charge on any atom is -0.383 e. The van der Waals surface area contributed by atoms with Crippen LogP contribution in [-0.2, 0) is 6.54 Å². The van der Waals surface area contributed by atoms with E-state index in [1.54, 1.807) is 30.5 Å². The predicted molar refractivity (Wildman–Crippen MR) is 111 cm³/mol. The van der Waals surface area contributed by atoms with Gasteiger partial charge in [0, 0.05) is 25.4 Å². The Hall–Kier alpha value is -2.99. The van der Waals surface area contributed by atoms with Gasteiger partial charge in [0.25, 0.3) is 5.69 Å². The van der Waals surface area contributed by atoms with E-state index < -0.39 is 0 Å². The molecule has 0 unspecified atom stereocenters. The number of hydrogen-bond acceptors (Lipinski definition) is 5. The number of benzene rings is 2. The lowest BCUT2D eigenvalue weighted by Crippen LogP contribution is -2.35. The molecule has 28 heavy (non-hydrogen) atoms. The number of hydrogen-bond donors (Lipinski definition) is 1. The number of rotatable bonds is 6. The van der Waals surface area contributed by atoms with Crippen LogP contribution in [0.3, 0.4) is 0 Å². The lowest BCUT2D eigenvalue weighted by Gasteiger charge is -2.32. The van der Waals surface area contributed by atoms with Crippen LogP contribution >= 0.6 is 0 Å².